The molecule has 2 atom stereocenters. The smallest absolute Gasteiger partial charge is 0.00792 e. The molecule has 0 bridgehead atoms. The van der Waals surface area contributed by atoms with Gasteiger partial charge >= 0.3 is 0 Å². The fourth-order valence-electron chi connectivity index (χ4n) is 2.05. The van der Waals surface area contributed by atoms with Crippen molar-refractivity contribution in [1.82, 2.24) is 5.32 Å². The van der Waals surface area contributed by atoms with Crippen LogP contribution in [0, 0.1) is 11.8 Å². The summed E-state index contributed by atoms with van der Waals surface area (Å²) in [5.41, 5.74) is 6.06. The van der Waals surface area contributed by atoms with Gasteiger partial charge in [0.1, 0.15) is 0 Å². The van der Waals surface area contributed by atoms with Crippen molar-refractivity contribution in [2.75, 3.05) is 13.1 Å². The van der Waals surface area contributed by atoms with Gasteiger partial charge in [0, 0.05) is 6.04 Å². The van der Waals surface area contributed by atoms with Crippen molar-refractivity contribution in [3.05, 3.63) is 0 Å². The standard InChI is InChI=1S/C11H24N2.ClH/c1-9(2)7-13-8-10-5-3-4-6-11(10)12;/h9-11,13H,3-8,12H2,1-2H3;1H. The Kier molecular flexibility index (Phi) is 7.61. The molecule has 86 valence electrons. The van der Waals surface area contributed by atoms with Gasteiger partial charge in [0.25, 0.3) is 0 Å². The molecule has 0 aliphatic heterocycles. The van der Waals surface area contributed by atoms with Gasteiger partial charge in [-0.2, -0.15) is 0 Å². The molecule has 3 N–H and O–H groups in total. The first-order valence-corrected chi connectivity index (χ1v) is 5.66. The molecule has 1 aliphatic carbocycles. The third kappa shape index (κ3) is 5.18. The summed E-state index contributed by atoms with van der Waals surface area (Å²) in [7, 11) is 0. The van der Waals surface area contributed by atoms with Crippen molar-refractivity contribution < 1.29 is 0 Å². The maximum Gasteiger partial charge on any atom is 0.00792 e. The predicted molar refractivity (Wildman–Crippen MR) is 64.9 cm³/mol. The number of rotatable bonds is 4. The minimum atomic E-state index is 0. The van der Waals surface area contributed by atoms with Crippen molar-refractivity contribution in [1.29, 1.82) is 0 Å². The van der Waals surface area contributed by atoms with Crippen molar-refractivity contribution in [3.8, 4) is 0 Å². The summed E-state index contributed by atoms with van der Waals surface area (Å²) in [4.78, 5) is 0. The Bertz CT molecular complexity index is 139. The van der Waals surface area contributed by atoms with Gasteiger partial charge in [0.2, 0.25) is 0 Å². The van der Waals surface area contributed by atoms with E-state index in [-0.39, 0.29) is 12.4 Å². The van der Waals surface area contributed by atoms with Crippen LogP contribution < -0.4 is 11.1 Å². The van der Waals surface area contributed by atoms with E-state index in [4.69, 9.17) is 5.73 Å². The van der Waals surface area contributed by atoms with Crippen LogP contribution in [0.3, 0.4) is 0 Å². The van der Waals surface area contributed by atoms with Crippen molar-refractivity contribution >= 4 is 12.4 Å². The molecule has 0 aromatic heterocycles. The van der Waals surface area contributed by atoms with Gasteiger partial charge in [-0.05, 0) is 37.8 Å². The highest BCUT2D eigenvalue weighted by molar-refractivity contribution is 5.85. The molecule has 1 rings (SSSR count). The van der Waals surface area contributed by atoms with E-state index in [1.54, 1.807) is 0 Å². The summed E-state index contributed by atoms with van der Waals surface area (Å²) >= 11 is 0. The minimum absolute atomic E-state index is 0. The van der Waals surface area contributed by atoms with E-state index in [9.17, 15) is 0 Å². The van der Waals surface area contributed by atoms with Gasteiger partial charge in [-0.1, -0.05) is 26.7 Å². The lowest BCUT2D eigenvalue weighted by atomic mass is 9.85. The van der Waals surface area contributed by atoms with Gasteiger partial charge in [0.05, 0.1) is 0 Å². The predicted octanol–water partition coefficient (Wildman–Crippen LogP) is 2.17. The normalized spacial score (nSPS) is 27.4. The fourth-order valence-corrected chi connectivity index (χ4v) is 2.05. The van der Waals surface area contributed by atoms with Crippen molar-refractivity contribution in [2.24, 2.45) is 17.6 Å². The van der Waals surface area contributed by atoms with E-state index in [0.717, 1.165) is 24.9 Å². The van der Waals surface area contributed by atoms with Gasteiger partial charge in [0.15, 0.2) is 0 Å². The Hall–Kier alpha value is 0.210. The lowest BCUT2D eigenvalue weighted by Gasteiger charge is -2.28. The molecule has 0 saturated heterocycles. The highest BCUT2D eigenvalue weighted by Crippen LogP contribution is 2.22. The lowest BCUT2D eigenvalue weighted by Crippen LogP contribution is -2.40. The molecular weight excluding hydrogens is 196 g/mol. The van der Waals surface area contributed by atoms with Crippen LogP contribution in [-0.4, -0.2) is 19.1 Å². The van der Waals surface area contributed by atoms with Gasteiger partial charge in [-0.3, -0.25) is 0 Å². The summed E-state index contributed by atoms with van der Waals surface area (Å²) in [6.07, 6.45) is 5.27. The highest BCUT2D eigenvalue weighted by atomic mass is 35.5. The van der Waals surface area contributed by atoms with Gasteiger partial charge < -0.3 is 11.1 Å². The molecule has 1 fully saturated rings. The first-order chi connectivity index (χ1) is 6.20. The third-order valence-corrected chi connectivity index (χ3v) is 2.93. The average Bonchev–Trinajstić information content (AvgIpc) is 2.08. The number of halogens is 1. The molecule has 0 radical (unpaired) electrons. The first kappa shape index (κ1) is 14.2. The molecule has 3 heteroatoms. The van der Waals surface area contributed by atoms with Crippen molar-refractivity contribution in [3.63, 3.8) is 0 Å². The zero-order chi connectivity index (χ0) is 9.68. The van der Waals surface area contributed by atoms with Crippen LogP contribution in [0.1, 0.15) is 39.5 Å². The van der Waals surface area contributed by atoms with Crippen LogP contribution in [-0.2, 0) is 0 Å². The molecule has 2 unspecified atom stereocenters. The van der Waals surface area contributed by atoms with E-state index >= 15 is 0 Å². The zero-order valence-electron chi connectivity index (χ0n) is 9.46. The Morgan fingerprint density at radius 2 is 1.93 bits per heavy atom. The first-order valence-electron chi connectivity index (χ1n) is 5.66. The van der Waals surface area contributed by atoms with Gasteiger partial charge in [-0.25, -0.2) is 0 Å². The number of nitrogens with one attached hydrogen (secondary N) is 1. The van der Waals surface area contributed by atoms with Crippen LogP contribution in [0.2, 0.25) is 0 Å². The summed E-state index contributed by atoms with van der Waals surface area (Å²) in [5, 5.41) is 3.50. The van der Waals surface area contributed by atoms with E-state index in [2.05, 4.69) is 19.2 Å². The Morgan fingerprint density at radius 1 is 1.29 bits per heavy atom. The number of nitrogens with two attached hydrogens (primary N) is 1. The molecule has 14 heavy (non-hydrogen) atoms. The highest BCUT2D eigenvalue weighted by Gasteiger charge is 2.20. The van der Waals surface area contributed by atoms with Gasteiger partial charge in [-0.15, -0.1) is 12.4 Å². The molecule has 2 nitrogen and oxygen atoms in total. The zero-order valence-corrected chi connectivity index (χ0v) is 10.3. The minimum Gasteiger partial charge on any atom is -0.327 e. The van der Waals surface area contributed by atoms with E-state index in [0.29, 0.717) is 6.04 Å². The monoisotopic (exact) mass is 220 g/mol. The van der Waals surface area contributed by atoms with Crippen LogP contribution in [0.25, 0.3) is 0 Å². The molecular formula is C11H25ClN2. The maximum atomic E-state index is 6.06. The summed E-state index contributed by atoms with van der Waals surface area (Å²) in [6.45, 7) is 6.74. The van der Waals surface area contributed by atoms with Crippen LogP contribution in [0.4, 0.5) is 0 Å². The molecule has 0 aromatic rings. The SMILES string of the molecule is CC(C)CNCC1CCCCC1N.Cl. The van der Waals surface area contributed by atoms with Crippen LogP contribution in [0.5, 0.6) is 0 Å². The topological polar surface area (TPSA) is 38.0 Å². The Balaban J connectivity index is 0.00000169. The summed E-state index contributed by atoms with van der Waals surface area (Å²) in [6, 6.07) is 0.452. The number of hydrogen-bond donors (Lipinski definition) is 2. The second kappa shape index (κ2) is 7.49. The van der Waals surface area contributed by atoms with Crippen LogP contribution in [0.15, 0.2) is 0 Å². The van der Waals surface area contributed by atoms with Crippen LogP contribution >= 0.6 is 12.4 Å². The Morgan fingerprint density at radius 3 is 2.50 bits per heavy atom. The third-order valence-electron chi connectivity index (χ3n) is 2.93. The second-order valence-corrected chi connectivity index (χ2v) is 4.76. The molecule has 0 amide bonds. The molecule has 0 heterocycles. The van der Waals surface area contributed by atoms with E-state index in [1.165, 1.54) is 25.7 Å². The van der Waals surface area contributed by atoms with Crippen molar-refractivity contribution in [2.45, 2.75) is 45.6 Å². The summed E-state index contributed by atoms with van der Waals surface area (Å²) < 4.78 is 0. The average molecular weight is 221 g/mol. The number of hydrogen-bond acceptors (Lipinski definition) is 2. The largest absolute Gasteiger partial charge is 0.327 e. The fraction of sp³-hybridized carbons (Fsp3) is 1.00. The molecule has 1 aliphatic rings. The van der Waals surface area contributed by atoms with E-state index in [1.807, 2.05) is 0 Å². The molecule has 0 spiro atoms. The molecule has 0 aromatic carbocycles. The maximum absolute atomic E-state index is 6.06. The quantitative estimate of drug-likeness (QED) is 0.762. The lowest BCUT2D eigenvalue weighted by molar-refractivity contribution is 0.293. The second-order valence-electron chi connectivity index (χ2n) is 4.76. The van der Waals surface area contributed by atoms with E-state index < -0.39 is 0 Å². The summed E-state index contributed by atoms with van der Waals surface area (Å²) in [5.74, 6) is 1.48. The Labute approximate surface area is 94.4 Å². The molecule has 1 saturated carbocycles.